The van der Waals surface area contributed by atoms with E-state index in [1.54, 1.807) is 19.2 Å². The van der Waals surface area contributed by atoms with Gasteiger partial charge in [-0.15, -0.1) is 0 Å². The molecule has 2 aromatic heterocycles. The number of methoxy groups -OCH3 is 1. The summed E-state index contributed by atoms with van der Waals surface area (Å²) in [6.07, 6.45) is 6.12. The number of imidazole rings is 1. The lowest BCUT2D eigenvalue weighted by Gasteiger charge is -2.38. The number of nitro benzene ring substituents is 1. The van der Waals surface area contributed by atoms with E-state index in [-0.39, 0.29) is 28.5 Å². The number of fused-ring (bicyclic) bond motifs is 1. The Morgan fingerprint density at radius 2 is 1.79 bits per heavy atom. The van der Waals surface area contributed by atoms with Crippen LogP contribution in [0.4, 0.5) is 5.69 Å². The van der Waals surface area contributed by atoms with Gasteiger partial charge in [-0.3, -0.25) is 19.8 Å². The monoisotopic (exact) mass is 567 g/mol. The second-order valence-corrected chi connectivity index (χ2v) is 11.6. The van der Waals surface area contributed by atoms with Gasteiger partial charge in [0.25, 0.3) is 5.69 Å². The lowest BCUT2D eigenvalue weighted by molar-refractivity contribution is -0.384. The van der Waals surface area contributed by atoms with Crippen LogP contribution >= 0.6 is 0 Å². The number of benzene rings is 2. The van der Waals surface area contributed by atoms with E-state index < -0.39 is 0 Å². The third kappa shape index (κ3) is 5.80. The molecule has 1 amide bonds. The van der Waals surface area contributed by atoms with Crippen LogP contribution in [-0.4, -0.2) is 69.4 Å². The van der Waals surface area contributed by atoms with E-state index in [1.165, 1.54) is 11.6 Å². The predicted molar refractivity (Wildman–Crippen MR) is 162 cm³/mol. The topological polar surface area (TPSA) is 93.2 Å². The SMILES string of the molecule is CO[C@H]1CCC[C@H](C(=O)N2CCN(Cc3c(-c4cccc([N+](=O)[O-])c4)nc4ccc(-c5cccc(C)c5)cn34)CC2)C1. The fourth-order valence-electron chi connectivity index (χ4n) is 6.42. The summed E-state index contributed by atoms with van der Waals surface area (Å²) in [5.74, 6) is 0.306. The van der Waals surface area contributed by atoms with Gasteiger partial charge in [0, 0.05) is 69.6 Å². The highest BCUT2D eigenvalue weighted by Gasteiger charge is 2.32. The first kappa shape index (κ1) is 28.1. The molecule has 2 aromatic carbocycles. The molecule has 1 saturated carbocycles. The van der Waals surface area contributed by atoms with E-state index in [4.69, 9.17) is 9.72 Å². The molecule has 42 heavy (non-hydrogen) atoms. The summed E-state index contributed by atoms with van der Waals surface area (Å²) in [5, 5.41) is 11.6. The highest BCUT2D eigenvalue weighted by molar-refractivity contribution is 5.79. The Bertz CT molecular complexity index is 1610. The van der Waals surface area contributed by atoms with Gasteiger partial charge in [0.15, 0.2) is 0 Å². The molecule has 4 aromatic rings. The molecule has 3 heterocycles. The van der Waals surface area contributed by atoms with Crippen molar-refractivity contribution in [3.8, 4) is 22.4 Å². The molecule has 218 valence electrons. The zero-order chi connectivity index (χ0) is 29.2. The molecule has 2 atom stereocenters. The molecule has 1 saturated heterocycles. The highest BCUT2D eigenvalue weighted by Crippen LogP contribution is 2.32. The van der Waals surface area contributed by atoms with Gasteiger partial charge in [-0.1, -0.05) is 48.4 Å². The average Bonchev–Trinajstić information content (AvgIpc) is 3.38. The van der Waals surface area contributed by atoms with Gasteiger partial charge in [0.1, 0.15) is 5.65 Å². The zero-order valence-corrected chi connectivity index (χ0v) is 24.2. The van der Waals surface area contributed by atoms with Gasteiger partial charge in [-0.2, -0.15) is 0 Å². The fourth-order valence-corrected chi connectivity index (χ4v) is 6.42. The first-order chi connectivity index (χ1) is 20.4. The maximum absolute atomic E-state index is 13.3. The molecule has 6 rings (SSSR count). The number of hydrogen-bond donors (Lipinski definition) is 0. The third-order valence-electron chi connectivity index (χ3n) is 8.77. The number of rotatable bonds is 7. The van der Waals surface area contributed by atoms with Crippen LogP contribution < -0.4 is 0 Å². The zero-order valence-electron chi connectivity index (χ0n) is 24.2. The molecule has 9 heteroatoms. The summed E-state index contributed by atoms with van der Waals surface area (Å²) >= 11 is 0. The average molecular weight is 568 g/mol. The number of ether oxygens (including phenoxy) is 1. The van der Waals surface area contributed by atoms with Crippen LogP contribution in [0.25, 0.3) is 28.0 Å². The summed E-state index contributed by atoms with van der Waals surface area (Å²) in [4.78, 5) is 33.8. The number of carbonyl (C=O) groups is 1. The summed E-state index contributed by atoms with van der Waals surface area (Å²) in [5.41, 5.74) is 6.67. The van der Waals surface area contributed by atoms with Crippen molar-refractivity contribution in [3.63, 3.8) is 0 Å². The van der Waals surface area contributed by atoms with Crippen molar-refractivity contribution in [1.82, 2.24) is 19.2 Å². The van der Waals surface area contributed by atoms with Crippen molar-refractivity contribution >= 4 is 17.2 Å². The normalized spacial score (nSPS) is 19.7. The maximum Gasteiger partial charge on any atom is 0.270 e. The van der Waals surface area contributed by atoms with Gasteiger partial charge in [0.2, 0.25) is 5.91 Å². The Labute approximate surface area is 245 Å². The molecule has 2 fully saturated rings. The van der Waals surface area contributed by atoms with E-state index in [0.29, 0.717) is 19.6 Å². The lowest BCUT2D eigenvalue weighted by Crippen LogP contribution is -2.50. The van der Waals surface area contributed by atoms with Crippen molar-refractivity contribution in [2.45, 2.75) is 45.3 Å². The predicted octanol–water partition coefficient (Wildman–Crippen LogP) is 5.73. The standard InChI is InChI=1S/C33H37N5O4/c1-23-6-3-7-24(18-23)27-12-13-31-34-32(25-8-4-10-28(19-25)38(40)41)30(37(31)21-27)22-35-14-16-36(17-15-35)33(39)26-9-5-11-29(20-26)42-2/h3-4,6-8,10,12-13,18-19,21,26,29H,5,9,11,14-17,20,22H2,1-2H3/t26-,29-/m0/s1. The number of aromatic nitrogens is 2. The molecular weight excluding hydrogens is 530 g/mol. The molecule has 0 spiro atoms. The summed E-state index contributed by atoms with van der Waals surface area (Å²) in [6.45, 7) is 5.58. The second kappa shape index (κ2) is 12.0. The molecule has 0 N–H and O–H groups in total. The second-order valence-electron chi connectivity index (χ2n) is 11.6. The van der Waals surface area contributed by atoms with Crippen LogP contribution in [0.3, 0.4) is 0 Å². The van der Waals surface area contributed by atoms with Crippen LogP contribution in [0.5, 0.6) is 0 Å². The number of carbonyl (C=O) groups excluding carboxylic acids is 1. The number of piperazine rings is 1. The van der Waals surface area contributed by atoms with Gasteiger partial charge < -0.3 is 14.0 Å². The maximum atomic E-state index is 13.3. The van der Waals surface area contributed by atoms with Gasteiger partial charge in [0.05, 0.1) is 22.4 Å². The molecule has 0 radical (unpaired) electrons. The van der Waals surface area contributed by atoms with Crippen LogP contribution in [0.15, 0.2) is 66.9 Å². The van der Waals surface area contributed by atoms with Crippen molar-refractivity contribution < 1.29 is 14.5 Å². The number of nitrogens with zero attached hydrogens (tertiary/aromatic N) is 5. The van der Waals surface area contributed by atoms with Crippen molar-refractivity contribution in [1.29, 1.82) is 0 Å². The Balaban J connectivity index is 1.28. The van der Waals surface area contributed by atoms with E-state index in [0.717, 1.165) is 72.5 Å². The number of hydrogen-bond acceptors (Lipinski definition) is 6. The molecule has 1 aliphatic heterocycles. The number of pyridine rings is 1. The van der Waals surface area contributed by atoms with Crippen molar-refractivity contribution in [3.05, 3.63) is 88.2 Å². The smallest absolute Gasteiger partial charge is 0.270 e. The van der Waals surface area contributed by atoms with Crippen molar-refractivity contribution in [2.24, 2.45) is 5.92 Å². The van der Waals surface area contributed by atoms with Crippen LogP contribution in [-0.2, 0) is 16.1 Å². The van der Waals surface area contributed by atoms with E-state index in [1.807, 2.05) is 17.0 Å². The lowest BCUT2D eigenvalue weighted by atomic mass is 9.86. The Hall–Kier alpha value is -4.08. The summed E-state index contributed by atoms with van der Waals surface area (Å²) in [6, 6.07) is 19.2. The minimum absolute atomic E-state index is 0.0431. The Kier molecular flexibility index (Phi) is 8.04. The third-order valence-corrected chi connectivity index (χ3v) is 8.77. The minimum atomic E-state index is -0.369. The van der Waals surface area contributed by atoms with Crippen molar-refractivity contribution in [2.75, 3.05) is 33.3 Å². The first-order valence-electron chi connectivity index (χ1n) is 14.8. The summed E-state index contributed by atoms with van der Waals surface area (Å²) < 4.78 is 7.68. The minimum Gasteiger partial charge on any atom is -0.381 e. The van der Waals surface area contributed by atoms with E-state index >= 15 is 0 Å². The van der Waals surface area contributed by atoms with Gasteiger partial charge >= 0.3 is 0 Å². The molecule has 0 unspecified atom stereocenters. The van der Waals surface area contributed by atoms with E-state index in [9.17, 15) is 14.9 Å². The van der Waals surface area contributed by atoms with E-state index in [2.05, 4.69) is 52.8 Å². The number of non-ortho nitro benzene ring substituents is 1. The number of amides is 1. The largest absolute Gasteiger partial charge is 0.381 e. The Morgan fingerprint density at radius 3 is 2.55 bits per heavy atom. The number of aryl methyl sites for hydroxylation is 1. The first-order valence-corrected chi connectivity index (χ1v) is 14.8. The van der Waals surface area contributed by atoms with Crippen LogP contribution in [0.1, 0.15) is 36.9 Å². The van der Waals surface area contributed by atoms with Crippen LogP contribution in [0.2, 0.25) is 0 Å². The molecule has 0 bridgehead atoms. The fraction of sp³-hybridized carbons (Fsp3) is 0.394. The molecule has 1 aliphatic carbocycles. The number of nitro groups is 1. The van der Waals surface area contributed by atoms with Crippen LogP contribution in [0, 0.1) is 23.0 Å². The Morgan fingerprint density at radius 1 is 1.00 bits per heavy atom. The summed E-state index contributed by atoms with van der Waals surface area (Å²) in [7, 11) is 1.74. The highest BCUT2D eigenvalue weighted by atomic mass is 16.6. The van der Waals surface area contributed by atoms with Gasteiger partial charge in [-0.25, -0.2) is 4.98 Å². The molecule has 2 aliphatic rings. The molecule has 9 nitrogen and oxygen atoms in total. The van der Waals surface area contributed by atoms with Gasteiger partial charge in [-0.05, 0) is 49.4 Å². The molecular formula is C33H37N5O4. The quantitative estimate of drug-likeness (QED) is 0.209.